The van der Waals surface area contributed by atoms with Gasteiger partial charge in [-0.15, -0.1) is 0 Å². The van der Waals surface area contributed by atoms with E-state index in [1.54, 1.807) is 17.0 Å². The van der Waals surface area contributed by atoms with Crippen LogP contribution in [0.1, 0.15) is 5.56 Å². The minimum atomic E-state index is -3.14. The van der Waals surface area contributed by atoms with E-state index in [0.29, 0.717) is 16.7 Å². The van der Waals surface area contributed by atoms with Crippen LogP contribution >= 0.6 is 23.4 Å². The molecule has 2 atom stereocenters. The number of halogens is 1. The van der Waals surface area contributed by atoms with Crippen molar-refractivity contribution in [3.63, 3.8) is 0 Å². The predicted molar refractivity (Wildman–Crippen MR) is 102 cm³/mol. The van der Waals surface area contributed by atoms with Gasteiger partial charge in [-0.25, -0.2) is 13.2 Å². The average Bonchev–Trinajstić information content (AvgIpc) is 3.01. The van der Waals surface area contributed by atoms with Gasteiger partial charge in [-0.3, -0.25) is 4.79 Å². The Morgan fingerprint density at radius 3 is 2.74 bits per heavy atom. The van der Waals surface area contributed by atoms with Crippen LogP contribution < -0.4 is 0 Å². The lowest BCUT2D eigenvalue weighted by Crippen LogP contribution is -2.37. The summed E-state index contributed by atoms with van der Waals surface area (Å²) >= 11 is 7.46. The van der Waals surface area contributed by atoms with Crippen LogP contribution in [0.5, 0.6) is 0 Å². The molecule has 2 aliphatic heterocycles. The van der Waals surface area contributed by atoms with Gasteiger partial charge in [0.15, 0.2) is 15.0 Å². The van der Waals surface area contributed by atoms with Crippen molar-refractivity contribution in [3.8, 4) is 0 Å². The van der Waals surface area contributed by atoms with E-state index in [9.17, 15) is 18.0 Å². The van der Waals surface area contributed by atoms with Gasteiger partial charge in [-0.2, -0.15) is 4.99 Å². The van der Waals surface area contributed by atoms with E-state index in [4.69, 9.17) is 21.4 Å². The van der Waals surface area contributed by atoms with Gasteiger partial charge in [0.05, 0.1) is 17.5 Å². The molecule has 0 spiro atoms. The van der Waals surface area contributed by atoms with E-state index in [0.717, 1.165) is 5.56 Å². The number of carbonyl (C=O) groups is 2. The molecule has 2 aliphatic rings. The van der Waals surface area contributed by atoms with Crippen molar-refractivity contribution in [1.82, 2.24) is 4.90 Å². The maximum absolute atomic E-state index is 12.0. The number of nitrogens with zero attached hydrogens (tertiary/aromatic N) is 2. The standard InChI is InChI=1S/C16H17ClN2O6S2/c17-11-4-2-1-3-10(11)5-19-12-8-27(23,24)9-13(12)26-16(19)18-14(20)6-25-7-15(21)22/h1-4,12-13H,5-9H2,(H,21,22)/t12-,13+/m1/s1. The lowest BCUT2D eigenvalue weighted by atomic mass is 10.1. The van der Waals surface area contributed by atoms with E-state index < -0.39 is 34.9 Å². The molecule has 146 valence electrons. The minimum absolute atomic E-state index is 0.00214. The smallest absolute Gasteiger partial charge is 0.329 e. The van der Waals surface area contributed by atoms with Crippen LogP contribution in [-0.4, -0.2) is 71.5 Å². The summed E-state index contributed by atoms with van der Waals surface area (Å²) in [4.78, 5) is 28.3. The summed E-state index contributed by atoms with van der Waals surface area (Å²) in [6, 6.07) is 6.91. The van der Waals surface area contributed by atoms with E-state index in [2.05, 4.69) is 4.99 Å². The minimum Gasteiger partial charge on any atom is -0.480 e. The van der Waals surface area contributed by atoms with Gasteiger partial charge >= 0.3 is 5.97 Å². The number of amidine groups is 1. The first-order valence-electron chi connectivity index (χ1n) is 8.03. The molecule has 2 fully saturated rings. The number of rotatable bonds is 6. The Morgan fingerprint density at radius 2 is 2.04 bits per heavy atom. The molecular formula is C16H17ClN2O6S2. The summed E-state index contributed by atoms with van der Waals surface area (Å²) in [5.74, 6) is -1.77. The summed E-state index contributed by atoms with van der Waals surface area (Å²) in [5.41, 5.74) is 0.798. The molecule has 27 heavy (non-hydrogen) atoms. The molecule has 0 bridgehead atoms. The first-order valence-corrected chi connectivity index (χ1v) is 11.1. The first-order chi connectivity index (χ1) is 12.7. The van der Waals surface area contributed by atoms with Crippen molar-refractivity contribution >= 4 is 50.2 Å². The third kappa shape index (κ3) is 5.01. The molecule has 3 rings (SSSR count). The zero-order valence-electron chi connectivity index (χ0n) is 14.1. The molecule has 0 saturated carbocycles. The Kier molecular flexibility index (Phi) is 6.09. The van der Waals surface area contributed by atoms with Gasteiger partial charge in [-0.1, -0.05) is 41.6 Å². The number of amides is 1. The second kappa shape index (κ2) is 8.17. The molecule has 1 aromatic rings. The fourth-order valence-corrected chi connectivity index (χ4v) is 7.16. The molecule has 8 nitrogen and oxygen atoms in total. The van der Waals surface area contributed by atoms with E-state index in [1.807, 2.05) is 12.1 Å². The fraction of sp³-hybridized carbons (Fsp3) is 0.438. The van der Waals surface area contributed by atoms with Gasteiger partial charge in [0.1, 0.15) is 13.2 Å². The Hall–Kier alpha value is -1.62. The molecule has 2 saturated heterocycles. The number of hydrogen-bond donors (Lipinski definition) is 1. The third-order valence-corrected chi connectivity index (χ3v) is 7.76. The lowest BCUT2D eigenvalue weighted by Gasteiger charge is -2.24. The molecule has 0 aliphatic carbocycles. The summed E-state index contributed by atoms with van der Waals surface area (Å²) in [7, 11) is -3.14. The van der Waals surface area contributed by atoms with Gasteiger partial charge in [0.2, 0.25) is 0 Å². The molecule has 1 N–H and O–H groups in total. The highest BCUT2D eigenvalue weighted by Crippen LogP contribution is 2.39. The Morgan fingerprint density at radius 1 is 1.30 bits per heavy atom. The highest BCUT2D eigenvalue weighted by atomic mass is 35.5. The lowest BCUT2D eigenvalue weighted by molar-refractivity contribution is -0.143. The number of carboxylic acid groups (broad SMARTS) is 1. The zero-order valence-corrected chi connectivity index (χ0v) is 16.5. The van der Waals surface area contributed by atoms with Crippen LogP contribution in [0.15, 0.2) is 29.3 Å². The van der Waals surface area contributed by atoms with Crippen molar-refractivity contribution in [2.45, 2.75) is 17.8 Å². The molecular weight excluding hydrogens is 416 g/mol. The molecule has 1 aromatic carbocycles. The summed E-state index contributed by atoms with van der Waals surface area (Å²) < 4.78 is 28.8. The second-order valence-electron chi connectivity index (χ2n) is 6.19. The number of carbonyl (C=O) groups excluding carboxylic acids is 1. The zero-order chi connectivity index (χ0) is 19.6. The number of thioether (sulfide) groups is 1. The van der Waals surface area contributed by atoms with Crippen LogP contribution in [0.3, 0.4) is 0 Å². The van der Waals surface area contributed by atoms with Crippen LogP contribution in [0, 0.1) is 0 Å². The molecule has 1 amide bonds. The highest BCUT2D eigenvalue weighted by Gasteiger charge is 2.48. The number of carboxylic acids is 1. The van der Waals surface area contributed by atoms with Crippen LogP contribution in [0.4, 0.5) is 0 Å². The topological polar surface area (TPSA) is 113 Å². The van der Waals surface area contributed by atoms with Crippen molar-refractivity contribution in [2.24, 2.45) is 4.99 Å². The molecule has 0 unspecified atom stereocenters. The number of aliphatic imine (C=N–C) groups is 1. The fourth-order valence-electron chi connectivity index (χ4n) is 3.00. The largest absolute Gasteiger partial charge is 0.480 e. The average molecular weight is 433 g/mol. The Bertz CT molecular complexity index is 889. The van der Waals surface area contributed by atoms with Gasteiger partial charge in [0.25, 0.3) is 5.91 Å². The number of hydrogen-bond acceptors (Lipinski definition) is 6. The predicted octanol–water partition coefficient (Wildman–Crippen LogP) is 1.04. The Labute approximate surface area is 165 Å². The highest BCUT2D eigenvalue weighted by molar-refractivity contribution is 8.15. The Balaban J connectivity index is 1.79. The molecule has 0 aromatic heterocycles. The van der Waals surface area contributed by atoms with Crippen LogP contribution in [-0.2, 0) is 30.7 Å². The van der Waals surface area contributed by atoms with E-state index >= 15 is 0 Å². The number of benzene rings is 1. The SMILES string of the molecule is O=C(O)COCC(=O)N=C1S[C@H]2CS(=O)(=O)C[C@H]2N1Cc1ccccc1Cl. The van der Waals surface area contributed by atoms with Gasteiger partial charge in [-0.05, 0) is 11.6 Å². The maximum Gasteiger partial charge on any atom is 0.329 e. The van der Waals surface area contributed by atoms with E-state index in [1.165, 1.54) is 11.8 Å². The van der Waals surface area contributed by atoms with Crippen LogP contribution in [0.25, 0.3) is 0 Å². The number of sulfone groups is 1. The van der Waals surface area contributed by atoms with Crippen molar-refractivity contribution < 1.29 is 27.9 Å². The molecule has 11 heteroatoms. The number of aliphatic carboxylic acids is 1. The van der Waals surface area contributed by atoms with Crippen molar-refractivity contribution in [1.29, 1.82) is 0 Å². The monoisotopic (exact) mass is 432 g/mol. The number of fused-ring (bicyclic) bond motifs is 1. The van der Waals surface area contributed by atoms with Gasteiger partial charge in [0, 0.05) is 16.8 Å². The number of ether oxygens (including phenoxy) is 1. The third-order valence-electron chi connectivity index (χ3n) is 4.14. The van der Waals surface area contributed by atoms with Gasteiger partial charge < -0.3 is 14.7 Å². The normalized spacial score (nSPS) is 24.9. The summed E-state index contributed by atoms with van der Waals surface area (Å²) in [6.45, 7) is -0.716. The van der Waals surface area contributed by atoms with E-state index in [-0.39, 0.29) is 22.8 Å². The quantitative estimate of drug-likeness (QED) is 0.709. The van der Waals surface area contributed by atoms with Crippen LogP contribution in [0.2, 0.25) is 5.02 Å². The molecule has 2 heterocycles. The van der Waals surface area contributed by atoms with Crippen molar-refractivity contribution in [3.05, 3.63) is 34.9 Å². The first kappa shape index (κ1) is 20.1. The van der Waals surface area contributed by atoms with Crippen molar-refractivity contribution in [2.75, 3.05) is 24.7 Å². The summed E-state index contributed by atoms with van der Waals surface area (Å²) in [6.07, 6.45) is 0. The summed E-state index contributed by atoms with van der Waals surface area (Å²) in [5, 5.41) is 9.29. The maximum atomic E-state index is 12.0. The molecule has 0 radical (unpaired) electrons. The second-order valence-corrected chi connectivity index (χ2v) is 9.96.